The predicted octanol–water partition coefficient (Wildman–Crippen LogP) is -32.9. The van der Waals surface area contributed by atoms with Gasteiger partial charge in [0.05, 0.1) is 0 Å². The number of phenolic OH excluding ortho intramolecular Hbond substituents is 5. The summed E-state index contributed by atoms with van der Waals surface area (Å²) in [7, 11) is 53.1. The predicted molar refractivity (Wildman–Crippen MR) is 395 cm³/mol. The quantitative estimate of drug-likeness (QED) is 0.0837. The van der Waals surface area contributed by atoms with Crippen LogP contribution in [0.25, 0.3) is 44.8 Å². The molecule has 0 fully saturated rings. The molecule has 1 atom stereocenters. The number of aromatic hydroxyl groups is 5. The normalized spacial score (nSPS) is 13.9. The van der Waals surface area contributed by atoms with Crippen molar-refractivity contribution in [2.75, 3.05) is 0 Å². The summed E-state index contributed by atoms with van der Waals surface area (Å²) in [5, 5.41) is 62.9. The van der Waals surface area contributed by atoms with Gasteiger partial charge in [-0.2, -0.15) is 0 Å². The van der Waals surface area contributed by atoms with Crippen LogP contribution in [0, 0.1) is 5.92 Å². The van der Waals surface area contributed by atoms with Crippen molar-refractivity contribution in [3.63, 3.8) is 0 Å². The number of aromatic nitrogens is 2. The van der Waals surface area contributed by atoms with Crippen LogP contribution in [-0.2, 0) is 0 Å². The van der Waals surface area contributed by atoms with Gasteiger partial charge >= 0.3 is 386 Å². The third-order valence-electron chi connectivity index (χ3n) is 19.7. The van der Waals surface area contributed by atoms with E-state index in [0.29, 0.717) is 49.6 Å². The summed E-state index contributed by atoms with van der Waals surface area (Å²) < 4.78 is 2.09. The summed E-state index contributed by atoms with van der Waals surface area (Å²) >= 11 is 0. The Balaban J connectivity index is 1.56. The van der Waals surface area contributed by atoms with Gasteiger partial charge in [0, 0.05) is 0 Å². The summed E-state index contributed by atoms with van der Waals surface area (Å²) in [4.78, 5) is 5.43. The fourth-order valence-corrected chi connectivity index (χ4v) is 13.0. The number of benzene rings is 6. The molecule has 1 heterocycles. The monoisotopic (exact) mass is 957 g/mol. The summed E-state index contributed by atoms with van der Waals surface area (Å²) in [6, 6.07) is 0. The van der Waals surface area contributed by atoms with Crippen LogP contribution >= 0.6 is 0 Å². The third kappa shape index (κ3) is 7.74. The fourth-order valence-electron chi connectivity index (χ4n) is 13.0. The van der Waals surface area contributed by atoms with Crippen molar-refractivity contribution in [3.05, 3.63) is 32.6 Å². The van der Waals surface area contributed by atoms with E-state index >= 15 is 0 Å². The van der Waals surface area contributed by atoms with E-state index in [9.17, 15) is 25.5 Å². The zero-order chi connectivity index (χ0) is 56.1. The summed E-state index contributed by atoms with van der Waals surface area (Å²) in [6.07, 6.45) is 0. The van der Waals surface area contributed by atoms with E-state index in [1.807, 2.05) is 54.9 Å². The van der Waals surface area contributed by atoms with E-state index < -0.39 is 5.92 Å². The second-order valence-electron chi connectivity index (χ2n) is 22.6. The Morgan fingerprint density at radius 3 is 1.27 bits per heavy atom. The van der Waals surface area contributed by atoms with Gasteiger partial charge in [0.25, 0.3) is 0 Å². The third-order valence-corrected chi connectivity index (χ3v) is 19.7. The van der Waals surface area contributed by atoms with Crippen LogP contribution in [0.1, 0.15) is 23.6 Å². The first-order chi connectivity index (χ1) is 34.8. The van der Waals surface area contributed by atoms with E-state index in [4.69, 9.17) is 12.5 Å². The first-order valence-corrected chi connectivity index (χ1v) is 26.5. The van der Waals surface area contributed by atoms with Crippen molar-refractivity contribution < 1.29 is 25.5 Å². The van der Waals surface area contributed by atoms with Gasteiger partial charge in [0.15, 0.2) is 0 Å². The SMILES string of the molecule is B=C1C(c2c(B)c(B)c(B)c(B)c2B)=c2c(O)c(B)c(B)c(B)c2=C(c2c(O)c(B)c(B)c(B)c2O)C1/C(B)=C(\C)c1c(B)c(B)c(-n2c(-c3c(B)c(B)c(B)c(B)c3B)nc3c(B)c(B)c(O)c(O)c32)c(B)c1B. The molecule has 1 aliphatic rings. The number of fused-ring (bicyclic) bond motifs is 2. The van der Waals surface area contributed by atoms with Crippen LogP contribution in [0.15, 0.2) is 5.47 Å². The molecule has 8 rings (SSSR count). The van der Waals surface area contributed by atoms with Gasteiger partial charge in [-0.1, -0.05) is 0 Å². The topological polar surface area (TPSA) is 119 Å². The Bertz CT molecular complexity index is 3920. The molecule has 0 spiro atoms. The molecule has 0 saturated carbocycles. The van der Waals surface area contributed by atoms with Gasteiger partial charge in [-0.05, 0) is 5.46 Å². The average molecular weight is 952 g/mol. The van der Waals surface area contributed by atoms with Crippen LogP contribution in [-0.4, -0.2) is 228 Å². The van der Waals surface area contributed by atoms with E-state index in [1.165, 1.54) is 32.8 Å². The van der Waals surface area contributed by atoms with E-state index in [0.717, 1.165) is 121 Å². The van der Waals surface area contributed by atoms with Crippen LogP contribution in [0.5, 0.6) is 28.7 Å². The number of nitrogens with zero attached hydrogens (tertiary/aromatic N) is 2. The molecule has 7 nitrogen and oxygen atoms in total. The molecule has 5 N–H and O–H groups in total. The summed E-state index contributed by atoms with van der Waals surface area (Å²) in [5.74, 6) is -0.0654. The second-order valence-corrected chi connectivity index (χ2v) is 22.6. The van der Waals surface area contributed by atoms with Crippen molar-refractivity contribution in [1.29, 1.82) is 0 Å². The Morgan fingerprint density at radius 1 is 0.413 bits per heavy atom. The van der Waals surface area contributed by atoms with Gasteiger partial charge in [-0.15, -0.1) is 16.4 Å². The zero-order valence-electron chi connectivity index (χ0n) is 49.4. The van der Waals surface area contributed by atoms with Gasteiger partial charge in [0.1, 0.15) is 54.9 Å². The van der Waals surface area contributed by atoms with E-state index in [-0.39, 0.29) is 28.7 Å². The number of hydrogen-bond donors (Lipinski definition) is 5. The van der Waals surface area contributed by atoms with Crippen molar-refractivity contribution >= 4 is 341 Å². The molecule has 1 unspecified atom stereocenters. The molecule has 75 heavy (non-hydrogen) atoms. The minimum atomic E-state index is -0.583. The molecule has 6 aromatic carbocycles. The molecule has 0 saturated heterocycles. The van der Waals surface area contributed by atoms with Crippen molar-refractivity contribution in [1.82, 2.24) is 9.55 Å². The van der Waals surface area contributed by atoms with Crippen LogP contribution < -0.4 is 131 Å². The molecule has 7 aromatic rings. The standard InChI is InChI=1S/C44H56B24N2O5/c1-2(3-14(47)30(63)37(31(64)15(3)48)70-38-36(29(62)35(68)42(74)43(38)75)69-44(70)11-19(52)23(56)27(60)24(57)20(11)53)12(45)8-4(10-40(72)33(66)28(61)34(67)41(10)73)5-7(39(71)32(65)25(58)16(5)49)6(13(8)46)9-17(50)21(54)26(59)22(55)18(9)51/h8,46,71-75H,45,47-68H2,1H3/b12-2-. The van der Waals surface area contributed by atoms with Gasteiger partial charge in [-0.25, -0.2) is 0 Å². The maximum absolute atomic E-state index is 12.7. The number of hydrogen-bond acceptors (Lipinski definition) is 6. The Hall–Kier alpha value is -5.30. The number of imidazole rings is 1. The Kier molecular flexibility index (Phi) is 14.4. The van der Waals surface area contributed by atoms with Crippen molar-refractivity contribution in [3.8, 4) is 45.8 Å². The van der Waals surface area contributed by atoms with Crippen molar-refractivity contribution in [2.24, 2.45) is 5.92 Å². The molecule has 1 aromatic heterocycles. The zero-order valence-corrected chi connectivity index (χ0v) is 49.4. The second kappa shape index (κ2) is 19.3. The summed E-state index contributed by atoms with van der Waals surface area (Å²) in [5.41, 5.74) is 31.7. The van der Waals surface area contributed by atoms with Crippen LogP contribution in [0.2, 0.25) is 0 Å². The van der Waals surface area contributed by atoms with E-state index in [1.54, 1.807) is 0 Å². The number of rotatable bonds is 6. The molecule has 0 bridgehead atoms. The minimum absolute atomic E-state index is 0.00526. The Morgan fingerprint density at radius 2 is 0.800 bits per heavy atom. The molecular weight excluding hydrogens is 896 g/mol. The van der Waals surface area contributed by atoms with Crippen molar-refractivity contribution in [2.45, 2.75) is 6.92 Å². The van der Waals surface area contributed by atoms with Gasteiger partial charge < -0.3 is 5.11 Å². The fraction of sp³-hybridized carbons (Fsp3) is 0.0455. The molecule has 0 radical (unpaired) electrons. The molecule has 1 aliphatic carbocycles. The number of allylic oxidation sites excluding steroid dienone is 2. The van der Waals surface area contributed by atoms with Crippen LogP contribution in [0.3, 0.4) is 0 Å². The first kappa shape index (κ1) is 55.9. The number of phenols is 5. The molecular formula is C44H56B24N2O5. The molecule has 0 aliphatic heterocycles. The summed E-state index contributed by atoms with van der Waals surface area (Å²) in [6.45, 7) is 2.18. The first-order valence-electron chi connectivity index (χ1n) is 26.5. The maximum atomic E-state index is 12.7. The van der Waals surface area contributed by atoms with Gasteiger partial charge in [-0.3, -0.25) is 0 Å². The average Bonchev–Trinajstić information content (AvgIpc) is 3.76. The molecule has 344 valence electrons. The van der Waals surface area contributed by atoms with Gasteiger partial charge in [0.2, 0.25) is 0 Å². The molecule has 0 amide bonds. The van der Waals surface area contributed by atoms with E-state index in [2.05, 4.69) is 137 Å². The van der Waals surface area contributed by atoms with Crippen LogP contribution in [0.4, 0.5) is 0 Å². The Labute approximate surface area is 464 Å². The molecule has 31 heteroatoms.